The fourth-order valence-corrected chi connectivity index (χ4v) is 5.38. The molecule has 0 radical (unpaired) electrons. The maximum Gasteiger partial charge on any atom is 0.475 e. The van der Waals surface area contributed by atoms with Crippen LogP contribution in [0.25, 0.3) is 0 Å². The van der Waals surface area contributed by atoms with Crippen molar-refractivity contribution in [1.82, 2.24) is 9.55 Å². The molecule has 0 bridgehead atoms. The Kier molecular flexibility index (Phi) is 5.74. The Hall–Kier alpha value is -1.82. The summed E-state index contributed by atoms with van der Waals surface area (Å²) >= 11 is 0. The summed E-state index contributed by atoms with van der Waals surface area (Å²) < 4.78 is 41.5. The fraction of sp³-hybridized carbons (Fsp3) is 0.722. The van der Waals surface area contributed by atoms with Crippen LogP contribution in [-0.2, 0) is 32.4 Å². The monoisotopic (exact) mass is 459 g/mol. The van der Waals surface area contributed by atoms with Gasteiger partial charge in [0.2, 0.25) is 0 Å². The molecule has 3 N–H and O–H groups in total. The fourth-order valence-electron chi connectivity index (χ4n) is 3.84. The number of carbonyl (C=O) groups is 1. The van der Waals surface area contributed by atoms with Crippen molar-refractivity contribution in [3.05, 3.63) is 33.1 Å². The maximum atomic E-state index is 13.0. The zero-order chi connectivity index (χ0) is 22.6. The minimum absolute atomic E-state index is 0.0114. The topological polar surface area (TPSA) is 161 Å². The third kappa shape index (κ3) is 4.41. The number of carbonyl (C=O) groups excluding carboxylic acids is 1. The molecular formula is C18H26N3O9P. The van der Waals surface area contributed by atoms with Crippen LogP contribution in [0, 0.1) is 11.8 Å². The van der Waals surface area contributed by atoms with E-state index in [1.165, 1.54) is 12.3 Å². The second-order valence-corrected chi connectivity index (χ2v) is 10.2. The lowest BCUT2D eigenvalue weighted by molar-refractivity contribution is -0.149. The predicted octanol–water partition coefficient (Wildman–Crippen LogP) is 0.279. The van der Waals surface area contributed by atoms with E-state index < -0.39 is 43.0 Å². The highest BCUT2D eigenvalue weighted by molar-refractivity contribution is 7.48. The van der Waals surface area contributed by atoms with Crippen molar-refractivity contribution in [3.63, 3.8) is 0 Å². The number of ether oxygens (including phenoxy) is 2. The lowest BCUT2D eigenvalue weighted by Crippen LogP contribution is -2.55. The van der Waals surface area contributed by atoms with Gasteiger partial charge in [0.05, 0.1) is 30.8 Å². The molecule has 12 nitrogen and oxygen atoms in total. The molecule has 31 heavy (non-hydrogen) atoms. The van der Waals surface area contributed by atoms with Crippen molar-refractivity contribution >= 4 is 13.8 Å². The van der Waals surface area contributed by atoms with Crippen LogP contribution < -0.4 is 17.0 Å². The van der Waals surface area contributed by atoms with Crippen LogP contribution in [-0.4, -0.2) is 52.6 Å². The van der Waals surface area contributed by atoms with Gasteiger partial charge in [-0.3, -0.25) is 32.7 Å². The predicted molar refractivity (Wildman–Crippen MR) is 105 cm³/mol. The largest absolute Gasteiger partial charge is 0.475 e. The molecule has 2 unspecified atom stereocenters. The average molecular weight is 459 g/mol. The number of fused-ring (bicyclic) bond motifs is 1. The Balaban J connectivity index is 1.41. The summed E-state index contributed by atoms with van der Waals surface area (Å²) in [6.45, 7) is 5.02. The summed E-state index contributed by atoms with van der Waals surface area (Å²) in [5.41, 5.74) is 3.89. The summed E-state index contributed by atoms with van der Waals surface area (Å²) in [7, 11) is -3.96. The number of aromatic amines is 1. The first-order valence-electron chi connectivity index (χ1n) is 10.0. The van der Waals surface area contributed by atoms with Crippen molar-refractivity contribution in [2.75, 3.05) is 13.2 Å². The quantitative estimate of drug-likeness (QED) is 0.446. The molecule has 1 aliphatic carbocycles. The van der Waals surface area contributed by atoms with Crippen LogP contribution in [0.15, 0.2) is 21.9 Å². The smallest absolute Gasteiger partial charge is 0.463 e. The van der Waals surface area contributed by atoms with Gasteiger partial charge in [0.15, 0.2) is 6.23 Å². The van der Waals surface area contributed by atoms with E-state index in [0.29, 0.717) is 6.42 Å². The number of hydrogen-bond donors (Lipinski definition) is 2. The zero-order valence-corrected chi connectivity index (χ0v) is 18.3. The Bertz CT molecular complexity index is 1020. The Morgan fingerprint density at radius 3 is 2.87 bits per heavy atom. The van der Waals surface area contributed by atoms with Crippen molar-refractivity contribution in [3.8, 4) is 0 Å². The molecule has 13 heteroatoms. The Morgan fingerprint density at radius 2 is 2.19 bits per heavy atom. The molecule has 0 amide bonds. The van der Waals surface area contributed by atoms with Gasteiger partial charge < -0.3 is 15.2 Å². The van der Waals surface area contributed by atoms with Gasteiger partial charge in [-0.1, -0.05) is 0 Å². The molecule has 1 aromatic rings. The highest BCUT2D eigenvalue weighted by atomic mass is 31.2. The highest BCUT2D eigenvalue weighted by Gasteiger charge is 2.59. The summed E-state index contributed by atoms with van der Waals surface area (Å²) in [6, 6.07) is 1.17. The van der Waals surface area contributed by atoms with Gasteiger partial charge in [0.1, 0.15) is 12.2 Å². The average Bonchev–Trinajstić information content (AvgIpc) is 3.41. The second kappa shape index (κ2) is 7.95. The van der Waals surface area contributed by atoms with E-state index in [1.54, 1.807) is 20.8 Å². The van der Waals surface area contributed by atoms with E-state index in [1.807, 2.05) is 0 Å². The second-order valence-electron chi connectivity index (χ2n) is 8.56. The number of nitrogens with zero attached hydrogens (tertiary/aromatic N) is 1. The molecule has 7 atom stereocenters. The molecule has 1 saturated carbocycles. The van der Waals surface area contributed by atoms with Crippen LogP contribution in [0.2, 0.25) is 0 Å². The first-order chi connectivity index (χ1) is 14.5. The molecule has 2 aliphatic heterocycles. The third-order valence-corrected chi connectivity index (χ3v) is 6.97. The number of phosphoric acid groups is 1. The molecule has 172 valence electrons. The molecule has 3 aliphatic rings. The number of nitrogens with one attached hydrogen (secondary N) is 1. The highest BCUT2D eigenvalue weighted by Crippen LogP contribution is 2.59. The van der Waals surface area contributed by atoms with Crippen LogP contribution in [0.1, 0.15) is 33.4 Å². The molecule has 0 aromatic carbocycles. The van der Waals surface area contributed by atoms with E-state index in [-0.39, 0.29) is 37.1 Å². The number of rotatable bonds is 6. The van der Waals surface area contributed by atoms with Gasteiger partial charge in [0, 0.05) is 12.3 Å². The van der Waals surface area contributed by atoms with Crippen molar-refractivity contribution < 1.29 is 32.4 Å². The molecule has 3 fully saturated rings. The van der Waals surface area contributed by atoms with Gasteiger partial charge in [-0.25, -0.2) is 9.36 Å². The van der Waals surface area contributed by atoms with Crippen LogP contribution in [0.4, 0.5) is 0 Å². The summed E-state index contributed by atoms with van der Waals surface area (Å²) in [5.74, 6) is -0.725. The molecular weight excluding hydrogens is 433 g/mol. The maximum absolute atomic E-state index is 13.0. The van der Waals surface area contributed by atoms with Gasteiger partial charge in [-0.2, -0.15) is 0 Å². The SMILES string of the molecule is CC(C)OC(=O)C1CC1CO[P@]1(=O)OC[C@H]2O[C@@H](n3ccc(=O)[nH]c3=O)[C@](C)(N)[C@@H]2O1. The molecule has 3 heterocycles. The number of esters is 1. The Labute approximate surface area is 177 Å². The minimum atomic E-state index is -3.96. The van der Waals surface area contributed by atoms with E-state index in [4.69, 9.17) is 28.8 Å². The summed E-state index contributed by atoms with van der Waals surface area (Å²) in [4.78, 5) is 37.6. The molecule has 2 saturated heterocycles. The Morgan fingerprint density at radius 1 is 1.45 bits per heavy atom. The van der Waals surface area contributed by atoms with Crippen molar-refractivity contribution in [1.29, 1.82) is 0 Å². The lowest BCUT2D eigenvalue weighted by Gasteiger charge is -2.35. The lowest BCUT2D eigenvalue weighted by atomic mass is 9.93. The third-order valence-electron chi connectivity index (χ3n) is 5.55. The van der Waals surface area contributed by atoms with Crippen LogP contribution in [0.5, 0.6) is 0 Å². The molecule has 4 rings (SSSR count). The van der Waals surface area contributed by atoms with Crippen molar-refractivity contribution in [2.45, 2.75) is 57.3 Å². The number of nitrogens with two attached hydrogens (primary N) is 1. The van der Waals surface area contributed by atoms with E-state index in [0.717, 1.165) is 4.57 Å². The van der Waals surface area contributed by atoms with E-state index in [9.17, 15) is 18.9 Å². The minimum Gasteiger partial charge on any atom is -0.463 e. The standard InChI is InChI=1S/C18H26N3O9P/c1-9(2)28-15(23)11-6-10(11)7-26-31(25)27-8-12-14(30-31)18(3,19)16(29-12)21-5-4-13(22)20-17(21)24/h4-5,9-12,14,16H,6-8,19H2,1-3H3,(H,20,22,24)/t10?,11?,12-,14-,16-,18-,31-/m1/s1. The van der Waals surface area contributed by atoms with Gasteiger partial charge >= 0.3 is 19.5 Å². The first-order valence-corrected chi connectivity index (χ1v) is 11.5. The van der Waals surface area contributed by atoms with Gasteiger partial charge in [0.25, 0.3) is 5.56 Å². The zero-order valence-electron chi connectivity index (χ0n) is 17.4. The van der Waals surface area contributed by atoms with Gasteiger partial charge in [-0.05, 0) is 33.1 Å². The van der Waals surface area contributed by atoms with E-state index in [2.05, 4.69) is 4.98 Å². The number of hydrogen-bond acceptors (Lipinski definition) is 10. The van der Waals surface area contributed by atoms with E-state index >= 15 is 0 Å². The first kappa shape index (κ1) is 22.4. The van der Waals surface area contributed by atoms with Crippen molar-refractivity contribution in [2.24, 2.45) is 17.6 Å². The summed E-state index contributed by atoms with van der Waals surface area (Å²) in [5, 5.41) is 0. The molecule has 0 spiro atoms. The van der Waals surface area contributed by atoms with Crippen LogP contribution in [0.3, 0.4) is 0 Å². The normalized spacial score (nSPS) is 39.3. The number of H-pyrrole nitrogens is 1. The molecule has 1 aromatic heterocycles. The number of aromatic nitrogens is 2. The number of phosphoric ester groups is 1. The van der Waals surface area contributed by atoms with Gasteiger partial charge in [-0.15, -0.1) is 0 Å². The summed E-state index contributed by atoms with van der Waals surface area (Å²) in [6.07, 6.45) is -0.930. The van der Waals surface area contributed by atoms with Crippen LogP contribution >= 0.6 is 7.82 Å².